The maximum absolute atomic E-state index is 13.4. The van der Waals surface area contributed by atoms with E-state index in [4.69, 9.17) is 9.47 Å². The van der Waals surface area contributed by atoms with Crippen LogP contribution in [0.4, 0.5) is 4.79 Å². The van der Waals surface area contributed by atoms with Gasteiger partial charge in [-0.1, -0.05) is 23.4 Å². The smallest absolute Gasteiger partial charge is 0.411 e. The number of carbonyl (C=O) groups excluding carboxylic acids is 3. The Hall–Kier alpha value is -3.87. The van der Waals surface area contributed by atoms with E-state index >= 15 is 0 Å². The molecule has 5 N–H and O–H groups in total. The lowest BCUT2D eigenvalue weighted by Gasteiger charge is -2.41. The molecule has 1 fully saturated rings. The number of thioether (sulfide) groups is 1. The molecule has 1 aromatic carbocycles. The van der Waals surface area contributed by atoms with Crippen molar-refractivity contribution in [2.75, 3.05) is 14.2 Å². The molecule has 1 saturated heterocycles. The number of methoxy groups -OCH3 is 2. The summed E-state index contributed by atoms with van der Waals surface area (Å²) in [6.07, 6.45) is 4.21. The van der Waals surface area contributed by atoms with Crippen LogP contribution < -0.4 is 20.3 Å². The van der Waals surface area contributed by atoms with E-state index < -0.39 is 28.0 Å². The van der Waals surface area contributed by atoms with E-state index in [2.05, 4.69) is 10.9 Å². The second-order valence-corrected chi connectivity index (χ2v) is 8.77. The molecule has 0 saturated carbocycles. The SMILES string of the molecule is COc1ccc(C(=O)[N+]2(O)C(=O)C(O)=C(O)C3=C/C(=C4\NNC(=O)SC4C)C=C[C-]32)cc1OC. The lowest BCUT2D eigenvalue weighted by atomic mass is 9.88. The summed E-state index contributed by atoms with van der Waals surface area (Å²) in [6, 6.07) is 3.80. The zero-order valence-electron chi connectivity index (χ0n) is 18.3. The van der Waals surface area contributed by atoms with Crippen LogP contribution in [0, 0.1) is 6.04 Å². The number of ether oxygens (including phenoxy) is 2. The van der Waals surface area contributed by atoms with E-state index in [1.165, 1.54) is 50.6 Å². The van der Waals surface area contributed by atoms with Crippen LogP contribution in [0.2, 0.25) is 0 Å². The van der Waals surface area contributed by atoms with Gasteiger partial charge in [-0.3, -0.25) is 10.2 Å². The molecule has 11 nitrogen and oxygen atoms in total. The molecule has 0 radical (unpaired) electrons. The van der Waals surface area contributed by atoms with Gasteiger partial charge in [-0.2, -0.15) is 0 Å². The summed E-state index contributed by atoms with van der Waals surface area (Å²) in [5.41, 5.74) is 6.10. The highest BCUT2D eigenvalue weighted by molar-refractivity contribution is 8.14. The van der Waals surface area contributed by atoms with Crippen molar-refractivity contribution in [1.29, 1.82) is 0 Å². The van der Waals surface area contributed by atoms with E-state index in [1.54, 1.807) is 6.92 Å². The van der Waals surface area contributed by atoms with E-state index in [0.29, 0.717) is 17.0 Å². The Morgan fingerprint density at radius 2 is 1.82 bits per heavy atom. The van der Waals surface area contributed by atoms with Crippen LogP contribution in [0.15, 0.2) is 64.8 Å². The first-order valence-electron chi connectivity index (χ1n) is 9.94. The number of benzene rings is 1. The Morgan fingerprint density at radius 3 is 2.47 bits per heavy atom. The number of allylic oxidation sites excluding steroid dienone is 3. The van der Waals surface area contributed by atoms with Crippen molar-refractivity contribution in [3.8, 4) is 11.5 Å². The lowest BCUT2D eigenvalue weighted by Crippen LogP contribution is -2.60. The second kappa shape index (κ2) is 8.48. The number of nitrogens with one attached hydrogen (secondary N) is 2. The number of imide groups is 1. The highest BCUT2D eigenvalue weighted by Gasteiger charge is 2.56. The molecular weight excluding hydrogens is 466 g/mol. The van der Waals surface area contributed by atoms with Gasteiger partial charge in [-0.05, 0) is 29.3 Å². The molecule has 1 aromatic rings. The van der Waals surface area contributed by atoms with E-state index in [9.17, 15) is 29.8 Å². The summed E-state index contributed by atoms with van der Waals surface area (Å²) in [5, 5.41) is 31.6. The Labute approximate surface area is 198 Å². The van der Waals surface area contributed by atoms with Gasteiger partial charge in [-0.15, -0.1) is 12.2 Å². The third-order valence-corrected chi connectivity index (χ3v) is 6.45. The zero-order valence-corrected chi connectivity index (χ0v) is 19.1. The predicted molar refractivity (Wildman–Crippen MR) is 119 cm³/mol. The Morgan fingerprint density at radius 1 is 1.12 bits per heavy atom. The number of fused-ring (bicyclic) bond motifs is 1. The van der Waals surface area contributed by atoms with Crippen LogP contribution in [0.1, 0.15) is 17.3 Å². The Kier molecular flexibility index (Phi) is 5.81. The summed E-state index contributed by atoms with van der Waals surface area (Å²) in [5.74, 6) is -3.94. The van der Waals surface area contributed by atoms with Gasteiger partial charge < -0.3 is 25.1 Å². The molecule has 3 aliphatic rings. The summed E-state index contributed by atoms with van der Waals surface area (Å²) >= 11 is 1.03. The molecular formula is C22H21N3O8S. The number of hydrogen-bond acceptors (Lipinski definition) is 10. The Bertz CT molecular complexity index is 1230. The highest BCUT2D eigenvalue weighted by atomic mass is 32.2. The second-order valence-electron chi connectivity index (χ2n) is 7.46. The fourth-order valence-corrected chi connectivity index (χ4v) is 4.54. The maximum atomic E-state index is 13.4. The monoisotopic (exact) mass is 487 g/mol. The topological polar surface area (TPSA) is 154 Å². The van der Waals surface area contributed by atoms with Crippen LogP contribution in [-0.2, 0) is 4.79 Å². The molecule has 1 aliphatic carbocycles. The van der Waals surface area contributed by atoms with Crippen LogP contribution in [0.5, 0.6) is 11.5 Å². The number of amides is 3. The van der Waals surface area contributed by atoms with Crippen LogP contribution >= 0.6 is 11.8 Å². The number of hydroxylamine groups is 3. The number of carbonyl (C=O) groups is 3. The van der Waals surface area contributed by atoms with Gasteiger partial charge in [0.2, 0.25) is 5.76 Å². The molecule has 34 heavy (non-hydrogen) atoms. The predicted octanol–water partition coefficient (Wildman–Crippen LogP) is 2.55. The molecule has 2 unspecified atom stereocenters. The molecule has 0 aromatic heterocycles. The minimum Gasteiger partial charge on any atom is -0.546 e. The van der Waals surface area contributed by atoms with Crippen molar-refractivity contribution in [3.63, 3.8) is 0 Å². The van der Waals surface area contributed by atoms with Crippen molar-refractivity contribution in [2.24, 2.45) is 0 Å². The van der Waals surface area contributed by atoms with Crippen molar-refractivity contribution < 1.29 is 43.9 Å². The van der Waals surface area contributed by atoms with Gasteiger partial charge in [-0.25, -0.2) is 14.8 Å². The first kappa shape index (κ1) is 23.3. The maximum Gasteiger partial charge on any atom is 0.411 e. The average molecular weight is 487 g/mol. The molecule has 2 heterocycles. The molecule has 4 rings (SSSR count). The van der Waals surface area contributed by atoms with Gasteiger partial charge in [0.25, 0.3) is 5.24 Å². The van der Waals surface area contributed by atoms with Gasteiger partial charge >= 0.3 is 11.8 Å². The van der Waals surface area contributed by atoms with Gasteiger partial charge in [0.05, 0.1) is 30.8 Å². The standard InChI is InChI=1S/C22H21N3O8S/c1-10-17(23-24-22(30)34-10)11-4-6-14-13(8-11)18(26)19(27)21(29)25(14,31)20(28)12-5-7-15(32-2)16(9-12)33-3/h4-10,23,26-27,31H,1-3H3,(H,24,30)/b17-11-. The van der Waals surface area contributed by atoms with Crippen molar-refractivity contribution in [2.45, 2.75) is 12.2 Å². The Balaban J connectivity index is 1.81. The van der Waals surface area contributed by atoms with Crippen LogP contribution in [0.25, 0.3) is 0 Å². The third-order valence-electron chi connectivity index (χ3n) is 5.55. The summed E-state index contributed by atoms with van der Waals surface area (Å²) < 4.78 is 8.40. The molecule has 3 amide bonds. The number of quaternary nitrogens is 1. The minimum atomic E-state index is -1.94. The fourth-order valence-electron chi connectivity index (χ4n) is 3.80. The first-order valence-corrected chi connectivity index (χ1v) is 10.8. The number of hydrazine groups is 1. The van der Waals surface area contributed by atoms with Crippen LogP contribution in [-0.4, -0.2) is 56.6 Å². The van der Waals surface area contributed by atoms with Gasteiger partial charge in [0.1, 0.15) is 6.04 Å². The van der Waals surface area contributed by atoms with E-state index in [1.807, 2.05) is 0 Å². The first-order chi connectivity index (χ1) is 16.1. The number of aliphatic hydroxyl groups is 2. The van der Waals surface area contributed by atoms with Crippen molar-refractivity contribution in [1.82, 2.24) is 10.9 Å². The average Bonchev–Trinajstić information content (AvgIpc) is 2.84. The van der Waals surface area contributed by atoms with E-state index in [-0.39, 0.29) is 33.4 Å². The van der Waals surface area contributed by atoms with Crippen molar-refractivity contribution >= 4 is 28.8 Å². The summed E-state index contributed by atoms with van der Waals surface area (Å²) in [6.45, 7) is 1.79. The molecule has 0 bridgehead atoms. The molecule has 12 heteroatoms. The quantitative estimate of drug-likeness (QED) is 0.186. The minimum absolute atomic E-state index is 0.103. The number of nitrogens with zero attached hydrogens (tertiary/aromatic N) is 1. The molecule has 178 valence electrons. The lowest BCUT2D eigenvalue weighted by molar-refractivity contribution is -0.953. The largest absolute Gasteiger partial charge is 0.546 e. The van der Waals surface area contributed by atoms with Crippen molar-refractivity contribution in [3.05, 3.63) is 76.4 Å². The van der Waals surface area contributed by atoms with Gasteiger partial charge in [0.15, 0.2) is 11.5 Å². The number of hydrogen-bond donors (Lipinski definition) is 5. The van der Waals surface area contributed by atoms with Gasteiger partial charge in [0, 0.05) is 11.8 Å². The van der Waals surface area contributed by atoms with Crippen LogP contribution in [0.3, 0.4) is 0 Å². The number of aliphatic hydroxyl groups excluding tert-OH is 2. The zero-order chi connectivity index (χ0) is 24.8. The normalized spacial score (nSPS) is 26.4. The summed E-state index contributed by atoms with van der Waals surface area (Å²) in [4.78, 5) is 37.9. The number of rotatable bonds is 3. The highest BCUT2D eigenvalue weighted by Crippen LogP contribution is 2.43. The molecule has 2 aliphatic heterocycles. The van der Waals surface area contributed by atoms with E-state index in [0.717, 1.165) is 11.8 Å². The fraction of sp³-hybridized carbons (Fsp3) is 0.182. The third kappa shape index (κ3) is 3.48. The molecule has 2 atom stereocenters. The summed E-state index contributed by atoms with van der Waals surface area (Å²) in [7, 11) is 2.78. The molecule has 0 spiro atoms.